The van der Waals surface area contributed by atoms with E-state index in [1.807, 2.05) is 0 Å². The van der Waals surface area contributed by atoms with Crippen LogP contribution in [0.25, 0.3) is 0 Å². The van der Waals surface area contributed by atoms with Gasteiger partial charge >= 0.3 is 11.8 Å². The van der Waals surface area contributed by atoms with E-state index in [0.717, 1.165) is 0 Å². The van der Waals surface area contributed by atoms with E-state index in [2.05, 4.69) is 5.32 Å². The lowest BCUT2D eigenvalue weighted by molar-refractivity contribution is -0.134. The van der Waals surface area contributed by atoms with Gasteiger partial charge in [0.25, 0.3) is 0 Å². The summed E-state index contributed by atoms with van der Waals surface area (Å²) in [5, 5.41) is 11.9. The lowest BCUT2D eigenvalue weighted by Gasteiger charge is -2.17. The number of aromatic hydroxyl groups is 1. The van der Waals surface area contributed by atoms with E-state index in [1.165, 1.54) is 48.3 Å². The number of halogens is 1. The van der Waals surface area contributed by atoms with Gasteiger partial charge in [0.15, 0.2) is 0 Å². The maximum absolute atomic E-state index is 12.1. The number of phenols is 1. The van der Waals surface area contributed by atoms with Crippen molar-refractivity contribution in [3.05, 3.63) is 47.5 Å². The summed E-state index contributed by atoms with van der Waals surface area (Å²) in [6.07, 6.45) is 0. The Morgan fingerprint density at radius 3 is 2.41 bits per heavy atom. The Labute approximate surface area is 132 Å². The molecule has 0 aliphatic heterocycles. The number of hydrogen-bond donors (Lipinski definition) is 3. The van der Waals surface area contributed by atoms with Crippen molar-refractivity contribution in [2.75, 3.05) is 23.0 Å². The van der Waals surface area contributed by atoms with Crippen LogP contribution in [-0.4, -0.2) is 24.0 Å². The van der Waals surface area contributed by atoms with Crippen LogP contribution < -0.4 is 16.0 Å². The molecule has 0 spiro atoms. The van der Waals surface area contributed by atoms with Crippen molar-refractivity contribution in [1.82, 2.24) is 0 Å². The van der Waals surface area contributed by atoms with Gasteiger partial charge in [-0.15, -0.1) is 0 Å². The lowest BCUT2D eigenvalue weighted by Crippen LogP contribution is -2.37. The van der Waals surface area contributed by atoms with Crippen LogP contribution in [0, 0.1) is 0 Å². The molecule has 2 rings (SSSR count). The summed E-state index contributed by atoms with van der Waals surface area (Å²) in [5.41, 5.74) is 6.79. The topological polar surface area (TPSA) is 95.7 Å². The predicted octanol–water partition coefficient (Wildman–Crippen LogP) is 2.23. The number of amides is 2. The fraction of sp³-hybridized carbons (Fsp3) is 0.0667. The van der Waals surface area contributed by atoms with Crippen LogP contribution >= 0.6 is 11.6 Å². The second-order valence-corrected chi connectivity index (χ2v) is 4.98. The van der Waals surface area contributed by atoms with Crippen molar-refractivity contribution < 1.29 is 14.7 Å². The molecule has 2 aromatic carbocycles. The van der Waals surface area contributed by atoms with Crippen LogP contribution in [0.15, 0.2) is 42.5 Å². The third-order valence-electron chi connectivity index (χ3n) is 2.98. The molecule has 0 bridgehead atoms. The monoisotopic (exact) mass is 319 g/mol. The van der Waals surface area contributed by atoms with Gasteiger partial charge in [-0.3, -0.25) is 9.59 Å². The quantitative estimate of drug-likeness (QED) is 0.584. The Kier molecular flexibility index (Phi) is 4.53. The summed E-state index contributed by atoms with van der Waals surface area (Å²) >= 11 is 5.94. The smallest absolute Gasteiger partial charge is 0.316 e. The summed E-state index contributed by atoms with van der Waals surface area (Å²) in [6.45, 7) is 0. The summed E-state index contributed by atoms with van der Waals surface area (Å²) in [6, 6.07) is 10.5. The third kappa shape index (κ3) is 3.48. The Bertz CT molecular complexity index is 716. The molecule has 7 heteroatoms. The van der Waals surface area contributed by atoms with Gasteiger partial charge in [0.05, 0.1) is 10.7 Å². The van der Waals surface area contributed by atoms with Crippen LogP contribution in [0.2, 0.25) is 5.02 Å². The first-order valence-corrected chi connectivity index (χ1v) is 6.69. The first kappa shape index (κ1) is 15.7. The van der Waals surface area contributed by atoms with Gasteiger partial charge in [-0.2, -0.15) is 0 Å². The van der Waals surface area contributed by atoms with E-state index in [1.54, 1.807) is 6.07 Å². The lowest BCUT2D eigenvalue weighted by atomic mass is 10.2. The molecule has 0 aliphatic rings. The van der Waals surface area contributed by atoms with Crippen molar-refractivity contribution in [2.24, 2.45) is 0 Å². The van der Waals surface area contributed by atoms with Crippen LogP contribution in [0.1, 0.15) is 0 Å². The van der Waals surface area contributed by atoms with Gasteiger partial charge in [0, 0.05) is 18.4 Å². The van der Waals surface area contributed by atoms with Gasteiger partial charge in [-0.25, -0.2) is 0 Å². The molecular formula is C15H14ClN3O3. The number of hydrogen-bond acceptors (Lipinski definition) is 4. The molecule has 0 saturated heterocycles. The summed E-state index contributed by atoms with van der Waals surface area (Å²) in [4.78, 5) is 25.3. The number of nitrogens with one attached hydrogen (secondary N) is 1. The van der Waals surface area contributed by atoms with E-state index in [-0.39, 0.29) is 10.8 Å². The van der Waals surface area contributed by atoms with E-state index in [0.29, 0.717) is 17.1 Å². The number of anilines is 3. The highest BCUT2D eigenvalue weighted by molar-refractivity contribution is 6.45. The minimum absolute atomic E-state index is 0.0720. The number of nitrogens with zero attached hydrogens (tertiary/aromatic N) is 1. The van der Waals surface area contributed by atoms with Crippen LogP contribution in [0.3, 0.4) is 0 Å². The molecule has 6 nitrogen and oxygen atoms in total. The zero-order chi connectivity index (χ0) is 16.3. The second kappa shape index (κ2) is 6.36. The number of carbonyl (C=O) groups excluding carboxylic acids is 2. The zero-order valence-corrected chi connectivity index (χ0v) is 12.5. The SMILES string of the molecule is CN(C(=O)C(=O)Nc1ccc(N)cc1Cl)c1ccc(O)cc1. The Balaban J connectivity index is 2.11. The van der Waals surface area contributed by atoms with Crippen molar-refractivity contribution >= 4 is 40.5 Å². The number of nitrogen functional groups attached to an aromatic ring is 1. The molecule has 22 heavy (non-hydrogen) atoms. The van der Waals surface area contributed by atoms with Crippen molar-refractivity contribution in [3.8, 4) is 5.75 Å². The number of nitrogens with two attached hydrogens (primary N) is 1. The average Bonchev–Trinajstić information content (AvgIpc) is 2.49. The normalized spacial score (nSPS) is 10.1. The molecule has 0 aromatic heterocycles. The molecule has 0 fully saturated rings. The van der Waals surface area contributed by atoms with Gasteiger partial charge < -0.3 is 21.1 Å². The summed E-state index contributed by atoms with van der Waals surface area (Å²) in [7, 11) is 1.46. The Hall–Kier alpha value is -2.73. The van der Waals surface area contributed by atoms with Crippen molar-refractivity contribution in [3.63, 3.8) is 0 Å². The van der Waals surface area contributed by atoms with E-state index < -0.39 is 11.8 Å². The predicted molar refractivity (Wildman–Crippen MR) is 86.0 cm³/mol. The van der Waals surface area contributed by atoms with Gasteiger partial charge in [-0.1, -0.05) is 11.6 Å². The molecule has 2 aromatic rings. The molecular weight excluding hydrogens is 306 g/mol. The minimum Gasteiger partial charge on any atom is -0.508 e. The van der Waals surface area contributed by atoms with Gasteiger partial charge in [0.2, 0.25) is 0 Å². The molecule has 0 radical (unpaired) electrons. The zero-order valence-electron chi connectivity index (χ0n) is 11.7. The van der Waals surface area contributed by atoms with Crippen molar-refractivity contribution in [1.29, 1.82) is 0 Å². The van der Waals surface area contributed by atoms with E-state index in [9.17, 15) is 14.7 Å². The number of benzene rings is 2. The molecule has 0 unspecified atom stereocenters. The maximum atomic E-state index is 12.1. The highest BCUT2D eigenvalue weighted by Gasteiger charge is 2.20. The average molecular weight is 320 g/mol. The highest BCUT2D eigenvalue weighted by Crippen LogP contribution is 2.24. The van der Waals surface area contributed by atoms with E-state index >= 15 is 0 Å². The molecule has 4 N–H and O–H groups in total. The van der Waals surface area contributed by atoms with Crippen molar-refractivity contribution in [2.45, 2.75) is 0 Å². The Morgan fingerprint density at radius 1 is 1.18 bits per heavy atom. The van der Waals surface area contributed by atoms with E-state index in [4.69, 9.17) is 17.3 Å². The molecule has 0 heterocycles. The first-order valence-electron chi connectivity index (χ1n) is 6.31. The standard InChI is InChI=1S/C15H14ClN3O3/c1-19(10-3-5-11(20)6-4-10)15(22)14(21)18-13-7-2-9(17)8-12(13)16/h2-8,20H,17H2,1H3,(H,18,21). The largest absolute Gasteiger partial charge is 0.508 e. The number of carbonyl (C=O) groups is 2. The number of rotatable bonds is 2. The first-order chi connectivity index (χ1) is 10.4. The molecule has 0 aliphatic carbocycles. The second-order valence-electron chi connectivity index (χ2n) is 4.57. The fourth-order valence-corrected chi connectivity index (χ4v) is 1.99. The molecule has 0 saturated carbocycles. The number of likely N-dealkylation sites (N-methyl/N-ethyl adjacent to an activating group) is 1. The fourth-order valence-electron chi connectivity index (χ4n) is 1.75. The maximum Gasteiger partial charge on any atom is 0.316 e. The molecule has 0 atom stereocenters. The minimum atomic E-state index is -0.831. The molecule has 114 valence electrons. The molecule has 2 amide bonds. The number of phenolic OH excluding ortho intramolecular Hbond substituents is 1. The summed E-state index contributed by atoms with van der Waals surface area (Å²) < 4.78 is 0. The summed E-state index contributed by atoms with van der Waals surface area (Å²) in [5.74, 6) is -1.52. The highest BCUT2D eigenvalue weighted by atomic mass is 35.5. The van der Waals surface area contributed by atoms with Gasteiger partial charge in [0.1, 0.15) is 5.75 Å². The van der Waals surface area contributed by atoms with Crippen LogP contribution in [0.4, 0.5) is 17.1 Å². The van der Waals surface area contributed by atoms with Crippen LogP contribution in [-0.2, 0) is 9.59 Å². The van der Waals surface area contributed by atoms with Gasteiger partial charge in [-0.05, 0) is 42.5 Å². The van der Waals surface area contributed by atoms with Crippen LogP contribution in [0.5, 0.6) is 5.75 Å². The Morgan fingerprint density at radius 2 is 1.82 bits per heavy atom. The third-order valence-corrected chi connectivity index (χ3v) is 3.29.